The monoisotopic (exact) mass is 272 g/mol. The molecule has 1 fully saturated rings. The summed E-state index contributed by atoms with van der Waals surface area (Å²) in [6.45, 7) is 0. The smallest absolute Gasteiger partial charge is 0.284 e. The first-order chi connectivity index (χ1) is 9.33. The number of hydrogen-bond donors (Lipinski definition) is 1. The van der Waals surface area contributed by atoms with Crippen LogP contribution in [0.4, 0.5) is 5.69 Å². The number of thiazole rings is 1. The Kier molecular flexibility index (Phi) is 3.60. The highest BCUT2D eigenvalue weighted by molar-refractivity contribution is 7.11. The van der Waals surface area contributed by atoms with Crippen molar-refractivity contribution >= 4 is 22.9 Å². The predicted molar refractivity (Wildman–Crippen MR) is 77.7 cm³/mol. The largest absolute Gasteiger partial charge is 0.320 e. The van der Waals surface area contributed by atoms with Gasteiger partial charge in [0.1, 0.15) is 0 Å². The average Bonchev–Trinajstić information content (AvgIpc) is 3.13. The van der Waals surface area contributed by atoms with E-state index in [0.717, 1.165) is 5.69 Å². The quantitative estimate of drug-likeness (QED) is 0.915. The number of nitrogens with one attached hydrogen (secondary N) is 1. The highest BCUT2D eigenvalue weighted by atomic mass is 32.1. The summed E-state index contributed by atoms with van der Waals surface area (Å²) in [4.78, 5) is 15.9. The number of rotatable bonds is 3. The van der Waals surface area contributed by atoms with Crippen molar-refractivity contribution in [2.45, 2.75) is 31.6 Å². The summed E-state index contributed by atoms with van der Waals surface area (Å²) in [7, 11) is 0. The van der Waals surface area contributed by atoms with Crippen molar-refractivity contribution in [1.29, 1.82) is 0 Å². The van der Waals surface area contributed by atoms with Crippen LogP contribution in [0.2, 0.25) is 0 Å². The van der Waals surface area contributed by atoms with Crippen LogP contribution in [0.15, 0.2) is 35.8 Å². The minimum atomic E-state index is -0.136. The fraction of sp³-hybridized carbons (Fsp3) is 0.333. The Morgan fingerprint density at radius 2 is 1.95 bits per heavy atom. The zero-order valence-corrected chi connectivity index (χ0v) is 11.5. The first-order valence-electron chi connectivity index (χ1n) is 6.64. The second-order valence-electron chi connectivity index (χ2n) is 4.89. The van der Waals surface area contributed by atoms with Gasteiger partial charge in [-0.1, -0.05) is 25.0 Å². The number of carbonyl (C=O) groups is 1. The fourth-order valence-electron chi connectivity index (χ4n) is 2.62. The van der Waals surface area contributed by atoms with Gasteiger partial charge in [-0.05, 0) is 36.5 Å². The molecular weight excluding hydrogens is 256 g/mol. The highest BCUT2D eigenvalue weighted by Gasteiger charge is 2.16. The first-order valence-corrected chi connectivity index (χ1v) is 7.52. The van der Waals surface area contributed by atoms with Crippen LogP contribution in [0.5, 0.6) is 0 Å². The van der Waals surface area contributed by atoms with Crippen molar-refractivity contribution in [3.8, 4) is 0 Å². The summed E-state index contributed by atoms with van der Waals surface area (Å²) in [5.74, 6) is 0.576. The summed E-state index contributed by atoms with van der Waals surface area (Å²) in [6, 6.07) is 8.24. The van der Waals surface area contributed by atoms with Gasteiger partial charge in [0.25, 0.3) is 5.91 Å². The van der Waals surface area contributed by atoms with E-state index in [-0.39, 0.29) is 5.91 Å². The molecule has 2 aromatic rings. The number of aromatic nitrogens is 1. The third kappa shape index (κ3) is 2.84. The molecule has 0 saturated heterocycles. The molecule has 0 unspecified atom stereocenters. The first kappa shape index (κ1) is 12.4. The number of hydrogen-bond acceptors (Lipinski definition) is 3. The molecule has 0 bridgehead atoms. The Morgan fingerprint density at radius 3 is 2.58 bits per heavy atom. The van der Waals surface area contributed by atoms with E-state index in [4.69, 9.17) is 0 Å². The lowest BCUT2D eigenvalue weighted by Gasteiger charge is -2.10. The lowest BCUT2D eigenvalue weighted by Crippen LogP contribution is -2.11. The standard InChI is InChI=1S/C15H16N2OS/c18-14(15-16-9-10-19-15)17-13-7-5-12(6-8-13)11-3-1-2-4-11/h5-11H,1-4H2,(H,17,18). The Labute approximate surface area is 116 Å². The maximum atomic E-state index is 11.9. The molecule has 19 heavy (non-hydrogen) atoms. The van der Waals surface area contributed by atoms with Gasteiger partial charge in [-0.15, -0.1) is 11.3 Å². The molecule has 1 aromatic carbocycles. The molecule has 1 amide bonds. The van der Waals surface area contributed by atoms with Crippen LogP contribution < -0.4 is 5.32 Å². The molecule has 0 radical (unpaired) electrons. The van der Waals surface area contributed by atoms with E-state index >= 15 is 0 Å². The minimum absolute atomic E-state index is 0.136. The molecule has 98 valence electrons. The van der Waals surface area contributed by atoms with Gasteiger partial charge in [0.05, 0.1) is 0 Å². The van der Waals surface area contributed by atoms with E-state index in [2.05, 4.69) is 22.4 Å². The van der Waals surface area contributed by atoms with Gasteiger partial charge < -0.3 is 5.32 Å². The Hall–Kier alpha value is -1.68. The van der Waals surface area contributed by atoms with Gasteiger partial charge in [0.15, 0.2) is 5.01 Å². The Bertz CT molecular complexity index is 542. The molecule has 3 nitrogen and oxygen atoms in total. The molecule has 1 aromatic heterocycles. The maximum Gasteiger partial charge on any atom is 0.284 e. The van der Waals surface area contributed by atoms with Gasteiger partial charge in [-0.3, -0.25) is 4.79 Å². The number of benzene rings is 1. The second kappa shape index (κ2) is 5.53. The van der Waals surface area contributed by atoms with Gasteiger partial charge in [-0.2, -0.15) is 0 Å². The molecule has 3 rings (SSSR count). The van der Waals surface area contributed by atoms with Gasteiger partial charge >= 0.3 is 0 Å². The van der Waals surface area contributed by atoms with Gasteiger partial charge in [0, 0.05) is 17.3 Å². The van der Waals surface area contributed by atoms with E-state index in [1.165, 1.54) is 42.6 Å². The van der Waals surface area contributed by atoms with Crippen molar-refractivity contribution in [2.24, 2.45) is 0 Å². The highest BCUT2D eigenvalue weighted by Crippen LogP contribution is 2.34. The molecule has 1 N–H and O–H groups in total. The van der Waals surface area contributed by atoms with Crippen molar-refractivity contribution in [3.63, 3.8) is 0 Å². The zero-order valence-electron chi connectivity index (χ0n) is 10.6. The van der Waals surface area contributed by atoms with E-state index in [0.29, 0.717) is 10.9 Å². The summed E-state index contributed by atoms with van der Waals surface area (Å²) in [5, 5.41) is 5.17. The molecule has 0 aliphatic heterocycles. The summed E-state index contributed by atoms with van der Waals surface area (Å²) >= 11 is 1.35. The van der Waals surface area contributed by atoms with Crippen molar-refractivity contribution in [3.05, 3.63) is 46.4 Å². The third-order valence-corrected chi connectivity index (χ3v) is 4.39. The van der Waals surface area contributed by atoms with Gasteiger partial charge in [0.2, 0.25) is 0 Å². The van der Waals surface area contributed by atoms with E-state index in [9.17, 15) is 4.79 Å². The number of anilines is 1. The lowest BCUT2D eigenvalue weighted by atomic mass is 9.98. The van der Waals surface area contributed by atoms with Crippen LogP contribution >= 0.6 is 11.3 Å². The second-order valence-corrected chi connectivity index (χ2v) is 5.79. The zero-order chi connectivity index (χ0) is 13.1. The van der Waals surface area contributed by atoms with Crippen molar-refractivity contribution < 1.29 is 4.79 Å². The lowest BCUT2D eigenvalue weighted by molar-refractivity contribution is 0.102. The average molecular weight is 272 g/mol. The Balaban J connectivity index is 1.67. The number of carbonyl (C=O) groups excluding carboxylic acids is 1. The van der Waals surface area contributed by atoms with E-state index in [1.54, 1.807) is 11.6 Å². The topological polar surface area (TPSA) is 42.0 Å². The summed E-state index contributed by atoms with van der Waals surface area (Å²) in [5.41, 5.74) is 2.23. The fourth-order valence-corrected chi connectivity index (χ4v) is 3.15. The van der Waals surface area contributed by atoms with Gasteiger partial charge in [-0.25, -0.2) is 4.98 Å². The predicted octanol–water partition coefficient (Wildman–Crippen LogP) is 4.05. The van der Waals surface area contributed by atoms with Crippen LogP contribution in [0.1, 0.15) is 47.0 Å². The number of nitrogens with zero attached hydrogens (tertiary/aromatic N) is 1. The van der Waals surface area contributed by atoms with Crippen LogP contribution in [0.25, 0.3) is 0 Å². The molecule has 1 aliphatic rings. The van der Waals surface area contributed by atoms with Crippen LogP contribution in [-0.2, 0) is 0 Å². The molecule has 1 saturated carbocycles. The molecule has 4 heteroatoms. The molecule has 1 heterocycles. The third-order valence-electron chi connectivity index (χ3n) is 3.62. The molecular formula is C15H16N2OS. The maximum absolute atomic E-state index is 11.9. The van der Waals surface area contributed by atoms with Crippen molar-refractivity contribution in [1.82, 2.24) is 4.98 Å². The molecule has 0 spiro atoms. The van der Waals surface area contributed by atoms with Crippen molar-refractivity contribution in [2.75, 3.05) is 5.32 Å². The normalized spacial score (nSPS) is 15.6. The Morgan fingerprint density at radius 1 is 1.21 bits per heavy atom. The number of amides is 1. The molecule has 1 aliphatic carbocycles. The van der Waals surface area contributed by atoms with Crippen LogP contribution in [0, 0.1) is 0 Å². The minimum Gasteiger partial charge on any atom is -0.320 e. The molecule has 0 atom stereocenters. The van der Waals surface area contributed by atoms with E-state index in [1.807, 2.05) is 12.1 Å². The summed E-state index contributed by atoms with van der Waals surface area (Å²) < 4.78 is 0. The van der Waals surface area contributed by atoms with Crippen LogP contribution in [-0.4, -0.2) is 10.9 Å². The summed E-state index contributed by atoms with van der Waals surface area (Å²) in [6.07, 6.45) is 6.92. The van der Waals surface area contributed by atoms with E-state index < -0.39 is 0 Å². The van der Waals surface area contributed by atoms with Crippen LogP contribution in [0.3, 0.4) is 0 Å². The SMILES string of the molecule is O=C(Nc1ccc(C2CCCC2)cc1)c1nccs1.